The summed E-state index contributed by atoms with van der Waals surface area (Å²) in [7, 11) is 0. The molecule has 0 bridgehead atoms. The van der Waals surface area contributed by atoms with E-state index in [0.717, 1.165) is 16.2 Å². The van der Waals surface area contributed by atoms with Crippen molar-refractivity contribution in [1.29, 1.82) is 0 Å². The molecule has 0 aliphatic heterocycles. The first kappa shape index (κ1) is 20.8. The molecule has 0 saturated heterocycles. The van der Waals surface area contributed by atoms with Gasteiger partial charge in [0.25, 0.3) is 0 Å². The number of hydrogen-bond donors (Lipinski definition) is 1. The van der Waals surface area contributed by atoms with Gasteiger partial charge in [-0.1, -0.05) is 6.92 Å². The SMILES string of the molecule is CCOC(=O)c1cc(CC)sc1NC(=O)Cc1c(F)c(F)c(F)c(F)c1F. The van der Waals surface area contributed by atoms with Crippen molar-refractivity contribution < 1.29 is 36.3 Å². The number of carbonyl (C=O) groups excluding carboxylic acids is 2. The number of benzene rings is 1. The van der Waals surface area contributed by atoms with Crippen LogP contribution in [0, 0.1) is 29.1 Å². The van der Waals surface area contributed by atoms with Gasteiger partial charge in [-0.25, -0.2) is 26.7 Å². The van der Waals surface area contributed by atoms with Crippen LogP contribution in [0.3, 0.4) is 0 Å². The number of aryl methyl sites for hydroxylation is 1. The summed E-state index contributed by atoms with van der Waals surface area (Å²) in [5.41, 5.74) is -1.21. The van der Waals surface area contributed by atoms with Crippen molar-refractivity contribution in [1.82, 2.24) is 0 Å². The second-order valence-corrected chi connectivity index (χ2v) is 6.44. The topological polar surface area (TPSA) is 55.4 Å². The normalized spacial score (nSPS) is 10.8. The van der Waals surface area contributed by atoms with Crippen LogP contribution in [0.4, 0.5) is 27.0 Å². The molecule has 0 spiro atoms. The van der Waals surface area contributed by atoms with Gasteiger partial charge in [0, 0.05) is 10.4 Å². The first-order chi connectivity index (χ1) is 12.7. The van der Waals surface area contributed by atoms with Crippen molar-refractivity contribution in [2.45, 2.75) is 26.7 Å². The molecule has 1 aromatic carbocycles. The summed E-state index contributed by atoms with van der Waals surface area (Å²) in [6.45, 7) is 3.49. The van der Waals surface area contributed by atoms with E-state index in [-0.39, 0.29) is 17.2 Å². The van der Waals surface area contributed by atoms with Crippen LogP contribution in [0.2, 0.25) is 0 Å². The highest BCUT2D eigenvalue weighted by molar-refractivity contribution is 7.16. The lowest BCUT2D eigenvalue weighted by atomic mass is 10.1. The summed E-state index contributed by atoms with van der Waals surface area (Å²) < 4.78 is 71.8. The highest BCUT2D eigenvalue weighted by atomic mass is 32.1. The zero-order valence-electron chi connectivity index (χ0n) is 14.2. The van der Waals surface area contributed by atoms with Crippen molar-refractivity contribution in [3.05, 3.63) is 51.2 Å². The van der Waals surface area contributed by atoms with Crippen LogP contribution < -0.4 is 5.32 Å². The summed E-state index contributed by atoms with van der Waals surface area (Å²) in [6, 6.07) is 1.50. The largest absolute Gasteiger partial charge is 0.462 e. The molecule has 0 fully saturated rings. The Morgan fingerprint density at radius 2 is 1.56 bits per heavy atom. The zero-order valence-corrected chi connectivity index (χ0v) is 15.0. The number of thiophene rings is 1. The van der Waals surface area contributed by atoms with Crippen molar-refractivity contribution in [2.24, 2.45) is 0 Å². The minimum Gasteiger partial charge on any atom is -0.462 e. The smallest absolute Gasteiger partial charge is 0.341 e. The molecule has 1 heterocycles. The van der Waals surface area contributed by atoms with Gasteiger partial charge in [0.15, 0.2) is 23.3 Å². The van der Waals surface area contributed by atoms with Crippen LogP contribution in [0.5, 0.6) is 0 Å². The number of esters is 1. The van der Waals surface area contributed by atoms with Gasteiger partial charge in [-0.05, 0) is 19.4 Å². The molecule has 0 unspecified atom stereocenters. The average molecular weight is 407 g/mol. The summed E-state index contributed by atoms with van der Waals surface area (Å²) >= 11 is 1.04. The Balaban J connectivity index is 2.30. The molecule has 2 rings (SSSR count). The molecule has 4 nitrogen and oxygen atoms in total. The fourth-order valence-electron chi connectivity index (χ4n) is 2.21. The average Bonchev–Trinajstić information content (AvgIpc) is 3.05. The molecule has 2 aromatic rings. The third-order valence-electron chi connectivity index (χ3n) is 3.52. The van der Waals surface area contributed by atoms with Crippen LogP contribution in [0.25, 0.3) is 0 Å². The van der Waals surface area contributed by atoms with Gasteiger partial charge in [0.05, 0.1) is 18.6 Å². The van der Waals surface area contributed by atoms with Gasteiger partial charge in [0.1, 0.15) is 5.00 Å². The summed E-state index contributed by atoms with van der Waals surface area (Å²) in [6.07, 6.45) is -0.558. The number of ether oxygens (including phenoxy) is 1. The molecule has 27 heavy (non-hydrogen) atoms. The number of nitrogens with one attached hydrogen (secondary N) is 1. The van der Waals surface area contributed by atoms with E-state index in [9.17, 15) is 31.5 Å². The monoisotopic (exact) mass is 407 g/mol. The molecule has 0 aliphatic rings. The Morgan fingerprint density at radius 3 is 2.07 bits per heavy atom. The highest BCUT2D eigenvalue weighted by Crippen LogP contribution is 2.30. The van der Waals surface area contributed by atoms with E-state index >= 15 is 0 Å². The molecular formula is C17H14F5NO3S. The number of hydrogen-bond acceptors (Lipinski definition) is 4. The molecule has 146 valence electrons. The Labute approximate surface area is 154 Å². The van der Waals surface area contributed by atoms with Crippen LogP contribution >= 0.6 is 11.3 Å². The third-order valence-corrected chi connectivity index (χ3v) is 4.71. The van der Waals surface area contributed by atoms with Crippen molar-refractivity contribution >= 4 is 28.2 Å². The third kappa shape index (κ3) is 4.26. The van der Waals surface area contributed by atoms with E-state index in [0.29, 0.717) is 6.42 Å². The van der Waals surface area contributed by atoms with E-state index in [1.54, 1.807) is 13.8 Å². The highest BCUT2D eigenvalue weighted by Gasteiger charge is 2.27. The second kappa shape index (κ2) is 8.47. The van der Waals surface area contributed by atoms with Gasteiger partial charge in [-0.15, -0.1) is 11.3 Å². The van der Waals surface area contributed by atoms with Crippen molar-refractivity contribution in [3.63, 3.8) is 0 Å². The zero-order chi connectivity index (χ0) is 20.3. The first-order valence-corrected chi connectivity index (χ1v) is 8.62. The fraction of sp³-hybridized carbons (Fsp3) is 0.294. The maximum absolute atomic E-state index is 13.7. The van der Waals surface area contributed by atoms with Crippen LogP contribution in [0.15, 0.2) is 6.07 Å². The van der Waals surface area contributed by atoms with Gasteiger partial charge in [-0.3, -0.25) is 4.79 Å². The van der Waals surface area contributed by atoms with E-state index in [1.807, 2.05) is 0 Å². The summed E-state index contributed by atoms with van der Waals surface area (Å²) in [4.78, 5) is 24.8. The number of amides is 1. The second-order valence-electron chi connectivity index (χ2n) is 5.30. The molecule has 0 atom stereocenters. The predicted octanol–water partition coefficient (Wildman–Crippen LogP) is 4.36. The predicted molar refractivity (Wildman–Crippen MR) is 88.2 cm³/mol. The van der Waals surface area contributed by atoms with Gasteiger partial charge >= 0.3 is 5.97 Å². The molecular weight excluding hydrogens is 393 g/mol. The first-order valence-electron chi connectivity index (χ1n) is 7.81. The quantitative estimate of drug-likeness (QED) is 0.335. The standard InChI is InChI=1S/C17H14F5NO3S/c1-3-7-5-9(17(25)26-4-2)16(27-7)23-10(24)6-8-11(18)13(20)15(22)14(21)12(8)19/h5H,3-4,6H2,1-2H3,(H,23,24). The van der Waals surface area contributed by atoms with E-state index in [2.05, 4.69) is 5.32 Å². The van der Waals surface area contributed by atoms with Crippen molar-refractivity contribution in [3.8, 4) is 0 Å². The van der Waals surface area contributed by atoms with Gasteiger partial charge in [-0.2, -0.15) is 0 Å². The molecule has 1 aromatic heterocycles. The summed E-state index contributed by atoms with van der Waals surface area (Å²) in [5.74, 6) is -12.5. The number of rotatable bonds is 6. The van der Waals surface area contributed by atoms with Crippen LogP contribution in [0.1, 0.15) is 34.6 Å². The Morgan fingerprint density at radius 1 is 1.00 bits per heavy atom. The lowest BCUT2D eigenvalue weighted by molar-refractivity contribution is -0.115. The number of anilines is 1. The molecule has 1 amide bonds. The van der Waals surface area contributed by atoms with Crippen LogP contribution in [-0.4, -0.2) is 18.5 Å². The Kier molecular flexibility index (Phi) is 6.53. The molecule has 10 heteroatoms. The van der Waals surface area contributed by atoms with E-state index in [4.69, 9.17) is 4.74 Å². The fourth-order valence-corrected chi connectivity index (χ4v) is 3.21. The van der Waals surface area contributed by atoms with Gasteiger partial charge in [0.2, 0.25) is 11.7 Å². The maximum atomic E-state index is 13.7. The molecule has 0 radical (unpaired) electrons. The molecule has 1 N–H and O–H groups in total. The van der Waals surface area contributed by atoms with E-state index < -0.39 is 52.9 Å². The number of halogens is 5. The Hall–Kier alpha value is -2.49. The Bertz CT molecular complexity index is 868. The van der Waals surface area contributed by atoms with E-state index in [1.165, 1.54) is 6.07 Å². The summed E-state index contributed by atoms with van der Waals surface area (Å²) in [5, 5.41) is 2.34. The molecule has 0 aliphatic carbocycles. The lowest BCUT2D eigenvalue weighted by Crippen LogP contribution is -2.19. The van der Waals surface area contributed by atoms with Gasteiger partial charge < -0.3 is 10.1 Å². The van der Waals surface area contributed by atoms with Crippen LogP contribution in [-0.2, 0) is 22.4 Å². The minimum atomic E-state index is -2.30. The lowest BCUT2D eigenvalue weighted by Gasteiger charge is -2.09. The number of carbonyl (C=O) groups is 2. The maximum Gasteiger partial charge on any atom is 0.341 e. The molecule has 0 saturated carbocycles. The minimum absolute atomic E-state index is 0.0458. The van der Waals surface area contributed by atoms with Crippen molar-refractivity contribution in [2.75, 3.05) is 11.9 Å².